The molecule has 1 N–H and O–H groups in total. The average Bonchev–Trinajstić information content (AvgIpc) is 2.94. The van der Waals surface area contributed by atoms with E-state index in [4.69, 9.17) is 16.6 Å². The summed E-state index contributed by atoms with van der Waals surface area (Å²) < 4.78 is 0. The van der Waals surface area contributed by atoms with Crippen LogP contribution in [0.5, 0.6) is 0 Å². The van der Waals surface area contributed by atoms with Gasteiger partial charge in [0.25, 0.3) is 5.91 Å². The Morgan fingerprint density at radius 3 is 2.38 bits per heavy atom. The maximum Gasteiger partial charge on any atom is 0.251 e. The number of likely N-dealkylation sites (tertiary alicyclic amines) is 1. The predicted molar refractivity (Wildman–Crippen MR) is 151 cm³/mol. The second-order valence-electron chi connectivity index (χ2n) is 9.87. The first-order valence-electron chi connectivity index (χ1n) is 13.2. The molecule has 0 atom stereocenters. The summed E-state index contributed by atoms with van der Waals surface area (Å²) >= 11 is 7.86. The van der Waals surface area contributed by atoms with Crippen molar-refractivity contribution in [2.24, 2.45) is 0 Å². The number of hydrogen-bond donors (Lipinski definition) is 1. The smallest absolute Gasteiger partial charge is 0.251 e. The maximum atomic E-state index is 12.8. The summed E-state index contributed by atoms with van der Waals surface area (Å²) in [6.45, 7) is 5.02. The third kappa shape index (κ3) is 7.46. The second-order valence-corrected chi connectivity index (χ2v) is 11.2. The summed E-state index contributed by atoms with van der Waals surface area (Å²) in [6.07, 6.45) is 5.62. The van der Waals surface area contributed by atoms with E-state index in [1.165, 1.54) is 24.8 Å². The van der Waals surface area contributed by atoms with Crippen LogP contribution in [0.25, 0.3) is 0 Å². The molecule has 0 aliphatic carbocycles. The van der Waals surface area contributed by atoms with Crippen LogP contribution in [0.15, 0.2) is 65.8 Å². The normalized spacial score (nSPS) is 17.1. The molecular weight excluding hydrogens is 502 g/mol. The Balaban J connectivity index is 1.09. The molecule has 37 heavy (non-hydrogen) atoms. The first kappa shape index (κ1) is 26.0. The molecular formula is C29H34ClN5OS. The maximum absolute atomic E-state index is 12.8. The zero-order chi connectivity index (χ0) is 25.5. The molecule has 2 fully saturated rings. The Labute approximate surface area is 228 Å². The van der Waals surface area contributed by atoms with Gasteiger partial charge >= 0.3 is 0 Å². The number of aromatic nitrogens is 2. The number of carbonyl (C=O) groups is 1. The van der Waals surface area contributed by atoms with Crippen LogP contribution >= 0.6 is 23.4 Å². The molecule has 1 amide bonds. The van der Waals surface area contributed by atoms with Crippen LogP contribution in [-0.4, -0.2) is 53.0 Å². The van der Waals surface area contributed by atoms with Gasteiger partial charge in [0, 0.05) is 56.1 Å². The number of piperidine rings is 2. The van der Waals surface area contributed by atoms with E-state index >= 15 is 0 Å². The molecule has 2 saturated heterocycles. The number of thioether (sulfide) groups is 1. The molecule has 2 aliphatic heterocycles. The molecule has 3 heterocycles. The lowest BCUT2D eigenvalue weighted by atomic mass is 10.0. The van der Waals surface area contributed by atoms with Crippen molar-refractivity contribution in [3.05, 3.63) is 82.5 Å². The fraction of sp³-hybridized carbons (Fsp3) is 0.414. The molecule has 3 aromatic rings. The van der Waals surface area contributed by atoms with Crippen LogP contribution in [0, 0.1) is 0 Å². The lowest BCUT2D eigenvalue weighted by Crippen LogP contribution is -2.44. The van der Waals surface area contributed by atoms with Gasteiger partial charge in [-0.15, -0.1) is 0 Å². The highest BCUT2D eigenvalue weighted by Gasteiger charge is 2.21. The summed E-state index contributed by atoms with van der Waals surface area (Å²) in [5.74, 6) is 1.65. The van der Waals surface area contributed by atoms with Crippen molar-refractivity contribution in [3.8, 4) is 0 Å². The standard InChI is InChI=1S/C29H34ClN5OS/c30-26-19-27(35-15-5-2-6-16-35)33-29(32-26)37-21-23-9-11-24(12-10-23)28(36)31-25-13-17-34(18-14-25)20-22-7-3-1-4-8-22/h1,3-4,7-12,19,25H,2,5-6,13-18,20-21H2,(H,31,36). The third-order valence-corrected chi connectivity index (χ3v) is 8.21. The number of benzene rings is 2. The van der Waals surface area contributed by atoms with Crippen molar-refractivity contribution in [1.29, 1.82) is 0 Å². The highest BCUT2D eigenvalue weighted by molar-refractivity contribution is 7.98. The van der Waals surface area contributed by atoms with E-state index in [0.29, 0.717) is 15.9 Å². The van der Waals surface area contributed by atoms with Crippen molar-refractivity contribution in [3.63, 3.8) is 0 Å². The molecule has 194 valence electrons. The molecule has 1 aromatic heterocycles. The number of carbonyl (C=O) groups excluding carboxylic acids is 1. The van der Waals surface area contributed by atoms with Crippen molar-refractivity contribution in [2.75, 3.05) is 31.1 Å². The van der Waals surface area contributed by atoms with Gasteiger partial charge in [-0.2, -0.15) is 0 Å². The van der Waals surface area contributed by atoms with Crippen LogP contribution in [0.3, 0.4) is 0 Å². The summed E-state index contributed by atoms with van der Waals surface area (Å²) in [5.41, 5.74) is 3.17. The van der Waals surface area contributed by atoms with Gasteiger partial charge in [0.1, 0.15) is 11.0 Å². The third-order valence-electron chi connectivity index (χ3n) is 7.10. The Hall–Kier alpha value is -2.61. The fourth-order valence-corrected chi connectivity index (χ4v) is 6.02. The number of hydrogen-bond acceptors (Lipinski definition) is 6. The molecule has 6 nitrogen and oxygen atoms in total. The molecule has 0 radical (unpaired) electrons. The van der Waals surface area contributed by atoms with Gasteiger partial charge < -0.3 is 10.2 Å². The molecule has 5 rings (SSSR count). The number of anilines is 1. The summed E-state index contributed by atoms with van der Waals surface area (Å²) in [4.78, 5) is 26.7. The van der Waals surface area contributed by atoms with E-state index < -0.39 is 0 Å². The minimum Gasteiger partial charge on any atom is -0.356 e. The van der Waals surface area contributed by atoms with Crippen LogP contribution in [0.1, 0.15) is 53.6 Å². The number of halogens is 1. The summed E-state index contributed by atoms with van der Waals surface area (Å²) in [5, 5.41) is 4.40. The molecule has 0 saturated carbocycles. The van der Waals surface area contributed by atoms with E-state index in [1.807, 2.05) is 30.3 Å². The summed E-state index contributed by atoms with van der Waals surface area (Å²) in [6, 6.07) is 20.5. The highest BCUT2D eigenvalue weighted by Crippen LogP contribution is 2.26. The molecule has 0 spiro atoms. The molecule has 0 bridgehead atoms. The van der Waals surface area contributed by atoms with Crippen molar-refractivity contribution in [2.45, 2.75) is 55.6 Å². The van der Waals surface area contributed by atoms with Gasteiger partial charge in [-0.05, 0) is 55.4 Å². The molecule has 8 heteroatoms. The Bertz CT molecular complexity index is 1160. The molecule has 2 aromatic carbocycles. The quantitative estimate of drug-likeness (QED) is 0.223. The highest BCUT2D eigenvalue weighted by atomic mass is 35.5. The van der Waals surface area contributed by atoms with Gasteiger partial charge in [-0.25, -0.2) is 9.97 Å². The van der Waals surface area contributed by atoms with E-state index in [-0.39, 0.29) is 11.9 Å². The lowest BCUT2D eigenvalue weighted by molar-refractivity contribution is 0.0909. The largest absolute Gasteiger partial charge is 0.356 e. The van der Waals surface area contributed by atoms with Crippen molar-refractivity contribution >= 4 is 35.1 Å². The van der Waals surface area contributed by atoms with Crippen molar-refractivity contribution < 1.29 is 4.79 Å². The second kappa shape index (κ2) is 12.8. The van der Waals surface area contributed by atoms with E-state index in [0.717, 1.165) is 62.7 Å². The van der Waals surface area contributed by atoms with E-state index in [2.05, 4.69) is 50.4 Å². The number of nitrogens with one attached hydrogen (secondary N) is 1. The Kier molecular flexibility index (Phi) is 8.97. The van der Waals surface area contributed by atoms with Gasteiger partial charge in [0.15, 0.2) is 5.16 Å². The Morgan fingerprint density at radius 2 is 1.65 bits per heavy atom. The zero-order valence-electron chi connectivity index (χ0n) is 21.1. The fourth-order valence-electron chi connectivity index (χ4n) is 4.98. The zero-order valence-corrected chi connectivity index (χ0v) is 22.7. The van der Waals surface area contributed by atoms with Gasteiger partial charge in [0.2, 0.25) is 0 Å². The van der Waals surface area contributed by atoms with Gasteiger partial charge in [-0.1, -0.05) is 65.8 Å². The van der Waals surface area contributed by atoms with E-state index in [9.17, 15) is 4.79 Å². The minimum absolute atomic E-state index is 0.00469. The van der Waals surface area contributed by atoms with E-state index in [1.54, 1.807) is 11.8 Å². The summed E-state index contributed by atoms with van der Waals surface area (Å²) in [7, 11) is 0. The monoisotopic (exact) mass is 535 g/mol. The SMILES string of the molecule is O=C(NC1CCN(Cc2ccccc2)CC1)c1ccc(CSc2nc(Cl)cc(N3CCCCC3)n2)cc1. The predicted octanol–water partition coefficient (Wildman–Crippen LogP) is 5.81. The lowest BCUT2D eigenvalue weighted by Gasteiger charge is -2.32. The van der Waals surface area contributed by atoms with Crippen LogP contribution < -0.4 is 10.2 Å². The Morgan fingerprint density at radius 1 is 0.919 bits per heavy atom. The minimum atomic E-state index is 0.00469. The van der Waals surface area contributed by atoms with Gasteiger partial charge in [-0.3, -0.25) is 9.69 Å². The average molecular weight is 536 g/mol. The molecule has 2 aliphatic rings. The van der Waals surface area contributed by atoms with Gasteiger partial charge in [0.05, 0.1) is 0 Å². The topological polar surface area (TPSA) is 61.4 Å². The number of amides is 1. The van der Waals surface area contributed by atoms with Crippen LogP contribution in [0.4, 0.5) is 5.82 Å². The van der Waals surface area contributed by atoms with Crippen LogP contribution in [0.2, 0.25) is 5.15 Å². The molecule has 0 unspecified atom stereocenters. The van der Waals surface area contributed by atoms with Crippen LogP contribution in [-0.2, 0) is 12.3 Å². The first-order valence-corrected chi connectivity index (χ1v) is 14.6. The first-order chi connectivity index (χ1) is 18.1. The van der Waals surface area contributed by atoms with Crippen molar-refractivity contribution in [1.82, 2.24) is 20.2 Å². The number of nitrogens with zero attached hydrogens (tertiary/aromatic N) is 4. The number of rotatable bonds is 8.